The molecule has 1 unspecified atom stereocenters. The van der Waals surface area contributed by atoms with Crippen LogP contribution < -0.4 is 9.80 Å². The highest BCUT2D eigenvalue weighted by Gasteiger charge is 2.31. The highest BCUT2D eigenvalue weighted by atomic mass is 15.4. The van der Waals surface area contributed by atoms with E-state index in [1.165, 1.54) is 22.6 Å². The Hall–Kier alpha value is -2.03. The second-order valence-electron chi connectivity index (χ2n) is 4.76. The van der Waals surface area contributed by atoms with E-state index >= 15 is 0 Å². The molecule has 0 bridgehead atoms. The van der Waals surface area contributed by atoms with Gasteiger partial charge in [-0.05, 0) is 31.5 Å². The third kappa shape index (κ3) is 1.47. The van der Waals surface area contributed by atoms with Gasteiger partial charge >= 0.3 is 0 Å². The van der Waals surface area contributed by atoms with Crippen molar-refractivity contribution in [3.63, 3.8) is 0 Å². The normalized spacial score (nSPS) is 18.1. The van der Waals surface area contributed by atoms with E-state index in [1.54, 1.807) is 0 Å². The predicted octanol–water partition coefficient (Wildman–Crippen LogP) is 3.32. The number of anilines is 3. The van der Waals surface area contributed by atoms with Crippen LogP contribution in [0.2, 0.25) is 0 Å². The molecule has 1 aromatic carbocycles. The number of hydrogen-bond acceptors (Lipinski definition) is 3. The van der Waals surface area contributed by atoms with Crippen molar-refractivity contribution in [1.29, 1.82) is 0 Å². The number of nitrogens with zero attached hydrogens (tertiary/aromatic N) is 3. The first kappa shape index (κ1) is 11.1. The van der Waals surface area contributed by atoms with Gasteiger partial charge in [-0.2, -0.15) is 0 Å². The van der Waals surface area contributed by atoms with Crippen molar-refractivity contribution < 1.29 is 0 Å². The fraction of sp³-hybridized carbons (Fsp3) is 0.267. The molecule has 0 fully saturated rings. The van der Waals surface area contributed by atoms with Crippen molar-refractivity contribution in [2.24, 2.45) is 0 Å². The summed E-state index contributed by atoms with van der Waals surface area (Å²) in [4.78, 5) is 8.89. The Balaban J connectivity index is 2.16. The molecule has 0 saturated heterocycles. The van der Waals surface area contributed by atoms with Gasteiger partial charge < -0.3 is 9.80 Å². The molecular weight excluding hydrogens is 222 g/mol. The lowest BCUT2D eigenvalue weighted by Gasteiger charge is -2.28. The van der Waals surface area contributed by atoms with Crippen molar-refractivity contribution in [2.75, 3.05) is 16.8 Å². The molecule has 3 heteroatoms. The standard InChI is InChI=1S/C15H17N3/c1-11-6-4-5-7-13(11)18-12(2)17(3)14-8-9-16-10-15(14)18/h4-10,12H,1-3H3. The highest BCUT2D eigenvalue weighted by Crippen LogP contribution is 2.43. The zero-order valence-corrected chi connectivity index (χ0v) is 11.0. The second-order valence-corrected chi connectivity index (χ2v) is 4.76. The predicted molar refractivity (Wildman–Crippen MR) is 75.4 cm³/mol. The fourth-order valence-electron chi connectivity index (χ4n) is 2.60. The van der Waals surface area contributed by atoms with Gasteiger partial charge in [-0.3, -0.25) is 4.98 Å². The number of pyridine rings is 1. The minimum Gasteiger partial charge on any atom is -0.352 e. The molecule has 1 aliphatic rings. The van der Waals surface area contributed by atoms with Gasteiger partial charge in [-0.15, -0.1) is 0 Å². The minimum atomic E-state index is 0.310. The lowest BCUT2D eigenvalue weighted by molar-refractivity contribution is 0.732. The van der Waals surface area contributed by atoms with Gasteiger partial charge in [-0.1, -0.05) is 18.2 Å². The Morgan fingerprint density at radius 1 is 1.06 bits per heavy atom. The number of fused-ring (bicyclic) bond motifs is 1. The van der Waals surface area contributed by atoms with Crippen LogP contribution in [0.1, 0.15) is 12.5 Å². The average Bonchev–Trinajstić information content (AvgIpc) is 2.64. The van der Waals surface area contributed by atoms with Gasteiger partial charge in [0.05, 0.1) is 17.6 Å². The molecule has 92 valence electrons. The van der Waals surface area contributed by atoms with Crippen LogP contribution in [-0.4, -0.2) is 18.2 Å². The van der Waals surface area contributed by atoms with Crippen LogP contribution in [0, 0.1) is 6.92 Å². The lowest BCUT2D eigenvalue weighted by atomic mass is 10.1. The topological polar surface area (TPSA) is 19.4 Å². The summed E-state index contributed by atoms with van der Waals surface area (Å²) in [7, 11) is 2.13. The van der Waals surface area contributed by atoms with Crippen molar-refractivity contribution in [2.45, 2.75) is 20.0 Å². The summed E-state index contributed by atoms with van der Waals surface area (Å²) in [5, 5.41) is 0. The molecule has 1 aliphatic heterocycles. The van der Waals surface area contributed by atoms with E-state index in [0.29, 0.717) is 6.17 Å². The van der Waals surface area contributed by atoms with Crippen molar-refractivity contribution in [3.8, 4) is 0 Å². The molecule has 0 spiro atoms. The van der Waals surface area contributed by atoms with Crippen LogP contribution >= 0.6 is 0 Å². The molecule has 2 aromatic rings. The molecule has 0 N–H and O–H groups in total. The maximum Gasteiger partial charge on any atom is 0.103 e. The molecule has 18 heavy (non-hydrogen) atoms. The quantitative estimate of drug-likeness (QED) is 0.761. The molecule has 0 radical (unpaired) electrons. The smallest absolute Gasteiger partial charge is 0.103 e. The Labute approximate surface area is 108 Å². The molecule has 1 atom stereocenters. The van der Waals surface area contributed by atoms with E-state index in [-0.39, 0.29) is 0 Å². The van der Waals surface area contributed by atoms with Gasteiger partial charge in [-0.25, -0.2) is 0 Å². The van der Waals surface area contributed by atoms with Crippen LogP contribution in [-0.2, 0) is 0 Å². The van der Waals surface area contributed by atoms with E-state index in [4.69, 9.17) is 0 Å². The van der Waals surface area contributed by atoms with Gasteiger partial charge in [0.1, 0.15) is 6.17 Å². The van der Waals surface area contributed by atoms with E-state index < -0.39 is 0 Å². The summed E-state index contributed by atoms with van der Waals surface area (Å²) in [5.41, 5.74) is 4.96. The van der Waals surface area contributed by atoms with Gasteiger partial charge in [0.25, 0.3) is 0 Å². The number of aryl methyl sites for hydroxylation is 1. The maximum atomic E-state index is 4.26. The molecular formula is C15H17N3. The van der Waals surface area contributed by atoms with Gasteiger partial charge in [0.2, 0.25) is 0 Å². The van der Waals surface area contributed by atoms with Crippen LogP contribution in [0.5, 0.6) is 0 Å². The highest BCUT2D eigenvalue weighted by molar-refractivity contribution is 5.83. The first-order valence-corrected chi connectivity index (χ1v) is 6.22. The third-order valence-corrected chi connectivity index (χ3v) is 3.73. The SMILES string of the molecule is Cc1ccccc1N1c2cnccc2N(C)C1C. The third-order valence-electron chi connectivity index (χ3n) is 3.73. The number of benzene rings is 1. The Bertz CT molecular complexity index is 579. The Kier molecular flexibility index (Phi) is 2.47. The summed E-state index contributed by atoms with van der Waals surface area (Å²) in [6.07, 6.45) is 4.11. The van der Waals surface area contributed by atoms with Crippen LogP contribution in [0.15, 0.2) is 42.7 Å². The zero-order chi connectivity index (χ0) is 12.7. The molecule has 3 nitrogen and oxygen atoms in total. The monoisotopic (exact) mass is 239 g/mol. The summed E-state index contributed by atoms with van der Waals surface area (Å²) in [5.74, 6) is 0. The first-order valence-electron chi connectivity index (χ1n) is 6.22. The molecule has 0 saturated carbocycles. The minimum absolute atomic E-state index is 0.310. The van der Waals surface area contributed by atoms with Crippen LogP contribution in [0.3, 0.4) is 0 Å². The number of aromatic nitrogens is 1. The lowest BCUT2D eigenvalue weighted by Crippen LogP contribution is -2.35. The van der Waals surface area contributed by atoms with Crippen LogP contribution in [0.4, 0.5) is 17.1 Å². The Morgan fingerprint density at radius 2 is 1.83 bits per heavy atom. The number of rotatable bonds is 1. The first-order chi connectivity index (χ1) is 8.70. The van der Waals surface area contributed by atoms with Gasteiger partial charge in [0.15, 0.2) is 0 Å². The second kappa shape index (κ2) is 4.02. The van der Waals surface area contributed by atoms with Gasteiger partial charge in [0, 0.05) is 18.9 Å². The molecule has 0 aliphatic carbocycles. The van der Waals surface area contributed by atoms with E-state index in [2.05, 4.69) is 66.0 Å². The zero-order valence-electron chi connectivity index (χ0n) is 11.0. The van der Waals surface area contributed by atoms with Crippen molar-refractivity contribution in [1.82, 2.24) is 4.98 Å². The molecule has 1 aromatic heterocycles. The Morgan fingerprint density at radius 3 is 2.61 bits per heavy atom. The summed E-state index contributed by atoms with van der Waals surface area (Å²) in [6.45, 7) is 4.36. The molecule has 2 heterocycles. The summed E-state index contributed by atoms with van der Waals surface area (Å²) >= 11 is 0. The molecule has 0 amide bonds. The van der Waals surface area contributed by atoms with E-state index in [0.717, 1.165) is 0 Å². The van der Waals surface area contributed by atoms with Crippen molar-refractivity contribution in [3.05, 3.63) is 48.3 Å². The summed E-state index contributed by atoms with van der Waals surface area (Å²) < 4.78 is 0. The largest absolute Gasteiger partial charge is 0.352 e. The molecule has 3 rings (SSSR count). The maximum absolute atomic E-state index is 4.26. The number of para-hydroxylation sites is 1. The van der Waals surface area contributed by atoms with E-state index in [9.17, 15) is 0 Å². The van der Waals surface area contributed by atoms with Crippen molar-refractivity contribution >= 4 is 17.1 Å². The van der Waals surface area contributed by atoms with Crippen LogP contribution in [0.25, 0.3) is 0 Å². The fourth-order valence-corrected chi connectivity index (χ4v) is 2.60. The number of hydrogen-bond donors (Lipinski definition) is 0. The average molecular weight is 239 g/mol. The summed E-state index contributed by atoms with van der Waals surface area (Å²) in [6, 6.07) is 10.6. The van der Waals surface area contributed by atoms with E-state index in [1.807, 2.05) is 12.4 Å².